The summed E-state index contributed by atoms with van der Waals surface area (Å²) in [7, 11) is 0. The second kappa shape index (κ2) is 3.20. The Kier molecular flexibility index (Phi) is 2.04. The van der Waals surface area contributed by atoms with Crippen LogP contribution >= 0.6 is 0 Å². The first-order valence-electron chi connectivity index (χ1n) is 4.59. The molecule has 4 nitrogen and oxygen atoms in total. The summed E-state index contributed by atoms with van der Waals surface area (Å²) in [5, 5.41) is 6.39. The fraction of sp³-hybridized carbons (Fsp3) is 0.556. The molecule has 70 valence electrons. The molecule has 1 amide bonds. The number of hydrogen-bond donors (Lipinski definition) is 1. The number of hydrogen-bond acceptors (Lipinski definition) is 2. The third-order valence-corrected chi connectivity index (χ3v) is 2.57. The third-order valence-electron chi connectivity index (χ3n) is 2.57. The van der Waals surface area contributed by atoms with Gasteiger partial charge in [0.05, 0.1) is 11.8 Å². The molecule has 1 saturated heterocycles. The number of rotatable bonds is 2. The summed E-state index contributed by atoms with van der Waals surface area (Å²) in [6.45, 7) is 3.96. The highest BCUT2D eigenvalue weighted by Crippen LogP contribution is 2.20. The van der Waals surface area contributed by atoms with Gasteiger partial charge in [0.1, 0.15) is 0 Å². The molecule has 0 aliphatic carbocycles. The van der Waals surface area contributed by atoms with Gasteiger partial charge in [0, 0.05) is 19.3 Å². The number of carbonyl (C=O) groups excluding carboxylic acids is 1. The number of likely N-dealkylation sites (tertiary alicyclic amines) is 1. The Hall–Kier alpha value is -1.32. The van der Waals surface area contributed by atoms with Crippen molar-refractivity contribution in [3.05, 3.63) is 18.0 Å². The van der Waals surface area contributed by atoms with Crippen molar-refractivity contribution < 1.29 is 4.79 Å². The monoisotopic (exact) mass is 179 g/mol. The van der Waals surface area contributed by atoms with E-state index in [1.54, 1.807) is 12.4 Å². The van der Waals surface area contributed by atoms with Crippen LogP contribution in [-0.4, -0.2) is 34.1 Å². The molecule has 0 saturated carbocycles. The number of carbonyl (C=O) groups is 1. The molecule has 0 spiro atoms. The van der Waals surface area contributed by atoms with Gasteiger partial charge in [0.25, 0.3) is 5.91 Å². The Morgan fingerprint density at radius 3 is 3.08 bits per heavy atom. The van der Waals surface area contributed by atoms with Gasteiger partial charge in [0.15, 0.2) is 0 Å². The minimum atomic E-state index is 0.0958. The molecule has 1 aromatic heterocycles. The second-order valence-electron chi connectivity index (χ2n) is 3.47. The van der Waals surface area contributed by atoms with Crippen LogP contribution in [0.2, 0.25) is 0 Å². The van der Waals surface area contributed by atoms with E-state index in [-0.39, 0.29) is 5.91 Å². The summed E-state index contributed by atoms with van der Waals surface area (Å²) in [4.78, 5) is 13.5. The lowest BCUT2D eigenvalue weighted by Crippen LogP contribution is -2.49. The Morgan fingerprint density at radius 2 is 2.54 bits per heavy atom. The summed E-state index contributed by atoms with van der Waals surface area (Å²) < 4.78 is 0. The minimum absolute atomic E-state index is 0.0958. The summed E-state index contributed by atoms with van der Waals surface area (Å²) in [6, 6.07) is 0. The molecule has 0 unspecified atom stereocenters. The van der Waals surface area contributed by atoms with Gasteiger partial charge in [-0.25, -0.2) is 0 Å². The highest BCUT2D eigenvalue weighted by Gasteiger charge is 2.29. The highest BCUT2D eigenvalue weighted by atomic mass is 16.2. The molecule has 1 N–H and O–H groups in total. The van der Waals surface area contributed by atoms with Gasteiger partial charge in [-0.3, -0.25) is 9.89 Å². The summed E-state index contributed by atoms with van der Waals surface area (Å²) in [5.41, 5.74) is 0.662. The Morgan fingerprint density at radius 1 is 1.77 bits per heavy atom. The predicted octanol–water partition coefficient (Wildman–Crippen LogP) is 0.892. The Balaban J connectivity index is 1.94. The van der Waals surface area contributed by atoms with Crippen molar-refractivity contribution in [1.29, 1.82) is 0 Å². The van der Waals surface area contributed by atoms with E-state index in [9.17, 15) is 4.79 Å². The lowest BCUT2D eigenvalue weighted by Gasteiger charge is -2.38. The van der Waals surface area contributed by atoms with Crippen molar-refractivity contribution in [2.45, 2.75) is 13.3 Å². The van der Waals surface area contributed by atoms with Gasteiger partial charge >= 0.3 is 0 Å². The van der Waals surface area contributed by atoms with E-state index < -0.39 is 0 Å². The van der Waals surface area contributed by atoms with Crippen molar-refractivity contribution in [2.24, 2.45) is 5.92 Å². The van der Waals surface area contributed by atoms with E-state index in [1.807, 2.05) is 4.90 Å². The largest absolute Gasteiger partial charge is 0.338 e. The molecule has 0 aromatic carbocycles. The second-order valence-corrected chi connectivity index (χ2v) is 3.47. The van der Waals surface area contributed by atoms with Crippen LogP contribution in [0.15, 0.2) is 12.4 Å². The lowest BCUT2D eigenvalue weighted by atomic mass is 9.97. The molecule has 2 rings (SSSR count). The van der Waals surface area contributed by atoms with E-state index in [0.717, 1.165) is 19.5 Å². The molecular formula is C9H13N3O. The Bertz CT molecular complexity index is 288. The van der Waals surface area contributed by atoms with Gasteiger partial charge < -0.3 is 4.90 Å². The molecule has 1 aromatic rings. The van der Waals surface area contributed by atoms with Crippen molar-refractivity contribution >= 4 is 5.91 Å². The van der Waals surface area contributed by atoms with E-state index in [2.05, 4.69) is 17.1 Å². The van der Waals surface area contributed by atoms with Gasteiger partial charge in [-0.15, -0.1) is 0 Å². The standard InChI is InChI=1S/C9H13N3O/c1-2-7-5-12(6-7)9(13)8-3-10-11-4-8/h3-4,7H,2,5-6H2,1H3,(H,10,11). The van der Waals surface area contributed by atoms with E-state index in [4.69, 9.17) is 0 Å². The van der Waals surface area contributed by atoms with Crippen LogP contribution in [0.4, 0.5) is 0 Å². The predicted molar refractivity (Wildman–Crippen MR) is 48.3 cm³/mol. The van der Waals surface area contributed by atoms with Gasteiger partial charge in [-0.1, -0.05) is 6.92 Å². The zero-order valence-electron chi connectivity index (χ0n) is 7.66. The molecule has 13 heavy (non-hydrogen) atoms. The normalized spacial score (nSPS) is 17.2. The first-order valence-corrected chi connectivity index (χ1v) is 4.59. The maximum absolute atomic E-state index is 11.6. The summed E-state index contributed by atoms with van der Waals surface area (Å²) in [6.07, 6.45) is 4.37. The van der Waals surface area contributed by atoms with Crippen LogP contribution in [0.1, 0.15) is 23.7 Å². The third kappa shape index (κ3) is 1.43. The number of nitrogens with zero attached hydrogens (tertiary/aromatic N) is 2. The minimum Gasteiger partial charge on any atom is -0.338 e. The van der Waals surface area contributed by atoms with Crippen LogP contribution in [0, 0.1) is 5.92 Å². The fourth-order valence-corrected chi connectivity index (χ4v) is 1.54. The molecule has 4 heteroatoms. The first-order chi connectivity index (χ1) is 6.31. The maximum Gasteiger partial charge on any atom is 0.257 e. The van der Waals surface area contributed by atoms with Crippen molar-refractivity contribution in [3.63, 3.8) is 0 Å². The number of aromatic nitrogens is 2. The molecule has 1 fully saturated rings. The number of amides is 1. The number of nitrogens with one attached hydrogen (secondary N) is 1. The molecule has 1 aliphatic rings. The summed E-state index contributed by atoms with van der Waals surface area (Å²) >= 11 is 0. The van der Waals surface area contributed by atoms with Crippen molar-refractivity contribution in [2.75, 3.05) is 13.1 Å². The molecule has 1 aliphatic heterocycles. The zero-order chi connectivity index (χ0) is 9.26. The summed E-state index contributed by atoms with van der Waals surface area (Å²) in [5.74, 6) is 0.800. The molecule has 0 bridgehead atoms. The highest BCUT2D eigenvalue weighted by molar-refractivity contribution is 5.94. The zero-order valence-corrected chi connectivity index (χ0v) is 7.66. The van der Waals surface area contributed by atoms with E-state index in [0.29, 0.717) is 11.5 Å². The average Bonchev–Trinajstić information content (AvgIpc) is 2.53. The van der Waals surface area contributed by atoms with Gasteiger partial charge in [0.2, 0.25) is 0 Å². The van der Waals surface area contributed by atoms with Gasteiger partial charge in [-0.2, -0.15) is 5.10 Å². The quantitative estimate of drug-likeness (QED) is 0.733. The number of aromatic amines is 1. The smallest absolute Gasteiger partial charge is 0.257 e. The Labute approximate surface area is 76.9 Å². The van der Waals surface area contributed by atoms with Crippen molar-refractivity contribution in [3.8, 4) is 0 Å². The molecular weight excluding hydrogens is 166 g/mol. The topological polar surface area (TPSA) is 49.0 Å². The van der Waals surface area contributed by atoms with E-state index >= 15 is 0 Å². The fourth-order valence-electron chi connectivity index (χ4n) is 1.54. The maximum atomic E-state index is 11.6. The van der Waals surface area contributed by atoms with Crippen LogP contribution in [0.3, 0.4) is 0 Å². The van der Waals surface area contributed by atoms with Crippen LogP contribution in [0.5, 0.6) is 0 Å². The van der Waals surface area contributed by atoms with E-state index in [1.165, 1.54) is 0 Å². The van der Waals surface area contributed by atoms with Crippen molar-refractivity contribution in [1.82, 2.24) is 15.1 Å². The van der Waals surface area contributed by atoms with Crippen LogP contribution in [0.25, 0.3) is 0 Å². The lowest BCUT2D eigenvalue weighted by molar-refractivity contribution is 0.0494. The average molecular weight is 179 g/mol. The van der Waals surface area contributed by atoms with Crippen LogP contribution in [-0.2, 0) is 0 Å². The molecule has 2 heterocycles. The van der Waals surface area contributed by atoms with Crippen LogP contribution < -0.4 is 0 Å². The van der Waals surface area contributed by atoms with Gasteiger partial charge in [-0.05, 0) is 12.3 Å². The molecule has 0 atom stereocenters. The first kappa shape index (κ1) is 8.29. The SMILES string of the molecule is CCC1CN(C(=O)c2cn[nH]c2)C1. The molecule has 0 radical (unpaired) electrons. The number of H-pyrrole nitrogens is 1.